The molecular formula is C12H16FNO2. The van der Waals surface area contributed by atoms with Crippen LogP contribution in [-0.2, 0) is 16.0 Å². The summed E-state index contributed by atoms with van der Waals surface area (Å²) < 4.78 is 17.9. The molecule has 0 saturated heterocycles. The van der Waals surface area contributed by atoms with Crippen molar-refractivity contribution in [3.8, 4) is 0 Å². The van der Waals surface area contributed by atoms with Crippen molar-refractivity contribution in [1.82, 2.24) is 0 Å². The molecule has 3 nitrogen and oxygen atoms in total. The first-order valence-corrected chi connectivity index (χ1v) is 5.25. The monoisotopic (exact) mass is 225 g/mol. The lowest BCUT2D eigenvalue weighted by Crippen LogP contribution is -2.01. The van der Waals surface area contributed by atoms with Gasteiger partial charge in [0.2, 0.25) is 0 Å². The maximum atomic E-state index is 13.4. The first-order valence-electron chi connectivity index (χ1n) is 5.25. The summed E-state index contributed by atoms with van der Waals surface area (Å²) in [6.45, 7) is 0. The smallest absolute Gasteiger partial charge is 0.305 e. The van der Waals surface area contributed by atoms with E-state index < -0.39 is 0 Å². The van der Waals surface area contributed by atoms with Crippen LogP contribution in [0.4, 0.5) is 10.1 Å². The van der Waals surface area contributed by atoms with Crippen LogP contribution in [0, 0.1) is 5.82 Å². The molecule has 0 atom stereocenters. The molecule has 0 fully saturated rings. The highest BCUT2D eigenvalue weighted by atomic mass is 19.1. The number of aryl methyl sites for hydroxylation is 1. The number of benzene rings is 1. The van der Waals surface area contributed by atoms with Gasteiger partial charge in [0.25, 0.3) is 0 Å². The number of carbonyl (C=O) groups is 1. The van der Waals surface area contributed by atoms with Crippen molar-refractivity contribution in [2.24, 2.45) is 0 Å². The highest BCUT2D eigenvalue weighted by molar-refractivity contribution is 5.68. The molecule has 1 aromatic carbocycles. The molecule has 0 saturated carbocycles. The minimum absolute atomic E-state index is 0.172. The van der Waals surface area contributed by atoms with E-state index in [1.807, 2.05) is 0 Å². The van der Waals surface area contributed by atoms with Crippen LogP contribution >= 0.6 is 0 Å². The second-order valence-corrected chi connectivity index (χ2v) is 3.60. The molecule has 0 spiro atoms. The van der Waals surface area contributed by atoms with Crippen LogP contribution in [0.2, 0.25) is 0 Å². The van der Waals surface area contributed by atoms with Crippen LogP contribution in [0.3, 0.4) is 0 Å². The molecule has 88 valence electrons. The van der Waals surface area contributed by atoms with Gasteiger partial charge in [-0.15, -0.1) is 0 Å². The summed E-state index contributed by atoms with van der Waals surface area (Å²) in [4.78, 5) is 10.8. The third kappa shape index (κ3) is 3.53. The lowest BCUT2D eigenvalue weighted by atomic mass is 10.1. The number of unbranched alkanes of at least 4 members (excludes halogenated alkanes) is 1. The molecule has 0 aromatic heterocycles. The van der Waals surface area contributed by atoms with Crippen LogP contribution in [0.5, 0.6) is 0 Å². The van der Waals surface area contributed by atoms with Gasteiger partial charge < -0.3 is 10.5 Å². The van der Waals surface area contributed by atoms with Crippen molar-refractivity contribution in [2.75, 3.05) is 12.8 Å². The number of carbonyl (C=O) groups excluding carboxylic acids is 1. The van der Waals surface area contributed by atoms with Crippen LogP contribution in [0.1, 0.15) is 24.8 Å². The van der Waals surface area contributed by atoms with Gasteiger partial charge in [-0.25, -0.2) is 4.39 Å². The van der Waals surface area contributed by atoms with E-state index in [0.717, 1.165) is 6.42 Å². The van der Waals surface area contributed by atoms with Gasteiger partial charge in [0.05, 0.1) is 12.8 Å². The number of nitrogens with two attached hydrogens (primary N) is 1. The van der Waals surface area contributed by atoms with E-state index >= 15 is 0 Å². The predicted molar refractivity (Wildman–Crippen MR) is 60.4 cm³/mol. The van der Waals surface area contributed by atoms with Gasteiger partial charge in [-0.3, -0.25) is 4.79 Å². The fraction of sp³-hybridized carbons (Fsp3) is 0.417. The number of esters is 1. The Kier molecular flexibility index (Phi) is 4.76. The van der Waals surface area contributed by atoms with Gasteiger partial charge in [0.15, 0.2) is 0 Å². The molecule has 0 unspecified atom stereocenters. The van der Waals surface area contributed by atoms with Crippen molar-refractivity contribution in [3.63, 3.8) is 0 Å². The van der Waals surface area contributed by atoms with Gasteiger partial charge in [0, 0.05) is 6.42 Å². The highest BCUT2D eigenvalue weighted by Gasteiger charge is 2.05. The van der Waals surface area contributed by atoms with Gasteiger partial charge in [-0.2, -0.15) is 0 Å². The number of rotatable bonds is 5. The van der Waals surface area contributed by atoms with Crippen molar-refractivity contribution in [1.29, 1.82) is 0 Å². The van der Waals surface area contributed by atoms with E-state index in [9.17, 15) is 9.18 Å². The minimum Gasteiger partial charge on any atom is -0.469 e. The molecule has 4 heteroatoms. The lowest BCUT2D eigenvalue weighted by molar-refractivity contribution is -0.140. The Balaban J connectivity index is 2.38. The maximum absolute atomic E-state index is 13.4. The molecule has 0 heterocycles. The Labute approximate surface area is 94.4 Å². The van der Waals surface area contributed by atoms with E-state index in [1.165, 1.54) is 13.2 Å². The summed E-state index contributed by atoms with van der Waals surface area (Å²) in [7, 11) is 1.36. The van der Waals surface area contributed by atoms with E-state index in [1.54, 1.807) is 12.1 Å². The van der Waals surface area contributed by atoms with E-state index in [-0.39, 0.29) is 17.5 Å². The predicted octanol–water partition coefficient (Wildman–Crippen LogP) is 2.29. The largest absolute Gasteiger partial charge is 0.469 e. The maximum Gasteiger partial charge on any atom is 0.305 e. The molecule has 2 N–H and O–H groups in total. The molecule has 0 aliphatic carbocycles. The summed E-state index contributed by atoms with van der Waals surface area (Å²) in [5.41, 5.74) is 6.22. The number of halogens is 1. The Hall–Kier alpha value is -1.58. The highest BCUT2D eigenvalue weighted by Crippen LogP contribution is 2.17. The second-order valence-electron chi connectivity index (χ2n) is 3.60. The fourth-order valence-electron chi connectivity index (χ4n) is 1.48. The van der Waals surface area contributed by atoms with Crippen molar-refractivity contribution in [2.45, 2.75) is 25.7 Å². The number of hydrogen-bond donors (Lipinski definition) is 1. The Morgan fingerprint density at radius 2 is 2.19 bits per heavy atom. The van der Waals surface area contributed by atoms with Crippen LogP contribution < -0.4 is 5.73 Å². The van der Waals surface area contributed by atoms with Crippen molar-refractivity contribution < 1.29 is 13.9 Å². The third-order valence-electron chi connectivity index (χ3n) is 2.41. The van der Waals surface area contributed by atoms with Crippen molar-refractivity contribution in [3.05, 3.63) is 29.6 Å². The standard InChI is InChI=1S/C12H16FNO2/c1-16-11(15)8-3-2-5-9-6-4-7-10(14)12(9)13/h4,6-7H,2-3,5,8,14H2,1H3. The normalized spacial score (nSPS) is 10.1. The average Bonchev–Trinajstić information content (AvgIpc) is 2.29. The Morgan fingerprint density at radius 3 is 2.88 bits per heavy atom. The summed E-state index contributed by atoms with van der Waals surface area (Å²) in [6.07, 6.45) is 2.41. The minimum atomic E-state index is -0.347. The molecule has 16 heavy (non-hydrogen) atoms. The second kappa shape index (κ2) is 6.10. The fourth-order valence-corrected chi connectivity index (χ4v) is 1.48. The number of ether oxygens (including phenoxy) is 1. The number of anilines is 1. The molecular weight excluding hydrogens is 209 g/mol. The Bertz CT molecular complexity index is 366. The molecule has 0 bridgehead atoms. The summed E-state index contributed by atoms with van der Waals surface area (Å²) in [5, 5.41) is 0. The zero-order valence-electron chi connectivity index (χ0n) is 9.33. The van der Waals surface area contributed by atoms with Crippen LogP contribution in [-0.4, -0.2) is 13.1 Å². The van der Waals surface area contributed by atoms with E-state index in [4.69, 9.17) is 5.73 Å². The van der Waals surface area contributed by atoms with Crippen LogP contribution in [0.15, 0.2) is 18.2 Å². The quantitative estimate of drug-likeness (QED) is 0.475. The third-order valence-corrected chi connectivity index (χ3v) is 2.41. The summed E-state index contributed by atoms with van der Waals surface area (Å²) >= 11 is 0. The van der Waals surface area contributed by atoms with E-state index in [2.05, 4.69) is 4.74 Å². The van der Waals surface area contributed by atoms with Gasteiger partial charge in [-0.1, -0.05) is 12.1 Å². The SMILES string of the molecule is COC(=O)CCCCc1cccc(N)c1F. The zero-order chi connectivity index (χ0) is 12.0. The summed E-state index contributed by atoms with van der Waals surface area (Å²) in [5.74, 6) is -0.575. The Morgan fingerprint density at radius 1 is 1.44 bits per heavy atom. The molecule has 1 aromatic rings. The molecule has 0 aliphatic heterocycles. The number of nitrogen functional groups attached to an aromatic ring is 1. The lowest BCUT2D eigenvalue weighted by Gasteiger charge is -2.04. The van der Waals surface area contributed by atoms with Crippen molar-refractivity contribution >= 4 is 11.7 Å². The number of hydrogen-bond acceptors (Lipinski definition) is 3. The van der Waals surface area contributed by atoms with Gasteiger partial charge in [0.1, 0.15) is 5.82 Å². The van der Waals surface area contributed by atoms with Crippen LogP contribution in [0.25, 0.3) is 0 Å². The number of methoxy groups -OCH3 is 1. The first-order chi connectivity index (χ1) is 7.65. The van der Waals surface area contributed by atoms with E-state index in [0.29, 0.717) is 24.8 Å². The van der Waals surface area contributed by atoms with Gasteiger partial charge >= 0.3 is 5.97 Å². The average molecular weight is 225 g/mol. The molecule has 0 amide bonds. The molecule has 1 rings (SSSR count). The molecule has 0 aliphatic rings. The topological polar surface area (TPSA) is 52.3 Å². The summed E-state index contributed by atoms with van der Waals surface area (Å²) in [6, 6.07) is 4.98. The zero-order valence-corrected chi connectivity index (χ0v) is 9.33. The first kappa shape index (κ1) is 12.5. The van der Waals surface area contributed by atoms with Gasteiger partial charge in [-0.05, 0) is 30.9 Å². The molecule has 0 radical (unpaired) electrons.